The van der Waals surface area contributed by atoms with Crippen LogP contribution >= 0.6 is 0 Å². The Hall–Kier alpha value is -0.340. The lowest BCUT2D eigenvalue weighted by atomic mass is 10.1. The number of hydrogen-bond acceptors (Lipinski definition) is 2. The molecule has 1 saturated heterocycles. The van der Waals surface area contributed by atoms with Crippen LogP contribution in [0, 0.1) is 0 Å². The van der Waals surface area contributed by atoms with E-state index in [1.54, 1.807) is 0 Å². The molecule has 2 fully saturated rings. The van der Waals surface area contributed by atoms with Crippen molar-refractivity contribution < 1.29 is 9.47 Å². The van der Waals surface area contributed by atoms with Gasteiger partial charge in [0.2, 0.25) is 0 Å². The summed E-state index contributed by atoms with van der Waals surface area (Å²) in [6, 6.07) is 0. The molecule has 0 bridgehead atoms. The summed E-state index contributed by atoms with van der Waals surface area (Å²) in [4.78, 5) is 0. The lowest BCUT2D eigenvalue weighted by molar-refractivity contribution is -0.157. The first-order chi connectivity index (χ1) is 8.74. The van der Waals surface area contributed by atoms with Crippen LogP contribution in [-0.2, 0) is 9.47 Å². The molecule has 0 aromatic rings. The van der Waals surface area contributed by atoms with Gasteiger partial charge < -0.3 is 9.47 Å². The first kappa shape index (κ1) is 14.1. The molecule has 0 spiro atoms. The Morgan fingerprint density at radius 2 is 2.22 bits per heavy atom. The highest BCUT2D eigenvalue weighted by Gasteiger charge is 2.45. The molecule has 1 saturated carbocycles. The van der Waals surface area contributed by atoms with Crippen molar-refractivity contribution >= 4 is 0 Å². The summed E-state index contributed by atoms with van der Waals surface area (Å²) in [5.41, 5.74) is 1.73. The zero-order chi connectivity index (χ0) is 12.8. The van der Waals surface area contributed by atoms with Crippen LogP contribution in [0.2, 0.25) is 0 Å². The molecule has 0 aromatic carbocycles. The van der Waals surface area contributed by atoms with Crippen LogP contribution < -0.4 is 0 Å². The monoisotopic (exact) mass is 252 g/mol. The molecule has 2 aliphatic rings. The van der Waals surface area contributed by atoms with Crippen molar-refractivity contribution in [2.24, 2.45) is 0 Å². The van der Waals surface area contributed by atoms with Gasteiger partial charge in [0.15, 0.2) is 6.29 Å². The molecule has 1 atom stereocenters. The Kier molecular flexibility index (Phi) is 5.25. The molecule has 2 heteroatoms. The summed E-state index contributed by atoms with van der Waals surface area (Å²) < 4.78 is 11.7. The van der Waals surface area contributed by atoms with E-state index >= 15 is 0 Å². The maximum absolute atomic E-state index is 6.12. The maximum atomic E-state index is 6.12. The molecule has 18 heavy (non-hydrogen) atoms. The first-order valence-electron chi connectivity index (χ1n) is 7.69. The van der Waals surface area contributed by atoms with E-state index in [2.05, 4.69) is 19.9 Å². The van der Waals surface area contributed by atoms with Crippen LogP contribution in [0.15, 0.2) is 11.6 Å². The largest absolute Gasteiger partial charge is 0.353 e. The van der Waals surface area contributed by atoms with Crippen molar-refractivity contribution in [1.82, 2.24) is 0 Å². The van der Waals surface area contributed by atoms with Gasteiger partial charge in [0, 0.05) is 13.0 Å². The van der Waals surface area contributed by atoms with E-state index in [0.717, 1.165) is 13.0 Å². The third-order valence-corrected chi connectivity index (χ3v) is 4.21. The van der Waals surface area contributed by atoms with Gasteiger partial charge in [-0.15, -0.1) is 0 Å². The predicted octanol–water partition coefficient (Wildman–Crippen LogP) is 4.59. The van der Waals surface area contributed by atoms with Crippen molar-refractivity contribution in [3.63, 3.8) is 0 Å². The highest BCUT2D eigenvalue weighted by atomic mass is 16.7. The second kappa shape index (κ2) is 6.72. The molecule has 0 N–H and O–H groups in total. The number of allylic oxidation sites excluding steroid dienone is 2. The smallest absolute Gasteiger partial charge is 0.158 e. The van der Waals surface area contributed by atoms with E-state index in [1.165, 1.54) is 56.9 Å². The van der Waals surface area contributed by atoms with E-state index in [1.807, 2.05) is 0 Å². The average molecular weight is 252 g/mol. The summed E-state index contributed by atoms with van der Waals surface area (Å²) in [5.74, 6) is 0. The molecule has 1 unspecified atom stereocenters. The second-order valence-electron chi connectivity index (χ2n) is 5.89. The molecule has 0 aromatic heterocycles. The minimum atomic E-state index is 0.106. The predicted molar refractivity (Wildman–Crippen MR) is 74.5 cm³/mol. The van der Waals surface area contributed by atoms with Gasteiger partial charge in [0.05, 0.1) is 5.60 Å². The van der Waals surface area contributed by atoms with Gasteiger partial charge in [-0.3, -0.25) is 0 Å². The van der Waals surface area contributed by atoms with Gasteiger partial charge in [0.1, 0.15) is 0 Å². The molecular weight excluding hydrogens is 224 g/mol. The maximum Gasteiger partial charge on any atom is 0.158 e. The van der Waals surface area contributed by atoms with Gasteiger partial charge in [0.25, 0.3) is 0 Å². The van der Waals surface area contributed by atoms with Crippen LogP contribution in [0.25, 0.3) is 0 Å². The Balaban J connectivity index is 1.58. The molecule has 0 amide bonds. The normalized spacial score (nSPS) is 26.6. The number of hydrogen-bond donors (Lipinski definition) is 0. The zero-order valence-corrected chi connectivity index (χ0v) is 12.0. The van der Waals surface area contributed by atoms with E-state index in [4.69, 9.17) is 9.47 Å². The number of rotatable bonds is 8. The Labute approximate surface area is 112 Å². The number of unbranched alkanes of at least 4 members (excludes halogenated alkanes) is 2. The molecule has 1 aliphatic carbocycles. The van der Waals surface area contributed by atoms with Gasteiger partial charge >= 0.3 is 0 Å². The van der Waals surface area contributed by atoms with E-state index in [0.29, 0.717) is 0 Å². The average Bonchev–Trinajstić information content (AvgIpc) is 2.93. The van der Waals surface area contributed by atoms with Crippen LogP contribution in [0.5, 0.6) is 0 Å². The van der Waals surface area contributed by atoms with Crippen LogP contribution in [-0.4, -0.2) is 18.5 Å². The summed E-state index contributed by atoms with van der Waals surface area (Å²) in [7, 11) is 0. The fourth-order valence-electron chi connectivity index (χ4n) is 2.57. The lowest BCUT2D eigenvalue weighted by Crippen LogP contribution is -2.22. The zero-order valence-electron chi connectivity index (χ0n) is 12.0. The molecular formula is C16H28O2. The summed E-state index contributed by atoms with van der Waals surface area (Å²) in [6.07, 6.45) is 13.5. The molecule has 2 nitrogen and oxygen atoms in total. The van der Waals surface area contributed by atoms with Crippen molar-refractivity contribution in [3.8, 4) is 0 Å². The van der Waals surface area contributed by atoms with Crippen LogP contribution in [0.1, 0.15) is 71.6 Å². The summed E-state index contributed by atoms with van der Waals surface area (Å²) >= 11 is 0. The van der Waals surface area contributed by atoms with Crippen molar-refractivity contribution in [3.05, 3.63) is 11.6 Å². The first-order valence-corrected chi connectivity index (χ1v) is 7.69. The van der Waals surface area contributed by atoms with E-state index in [-0.39, 0.29) is 11.9 Å². The lowest BCUT2D eigenvalue weighted by Gasteiger charge is -2.20. The van der Waals surface area contributed by atoms with Gasteiger partial charge in [-0.05, 0) is 51.9 Å². The standard InChI is InChI=1S/C16H28O2/c1-3-14(2)8-5-4-6-10-16(11-12-16)18-15-9-7-13-17-15/h8,15H,3-7,9-13H2,1-2H3. The summed E-state index contributed by atoms with van der Waals surface area (Å²) in [5, 5.41) is 0. The van der Waals surface area contributed by atoms with Crippen molar-refractivity contribution in [2.75, 3.05) is 6.61 Å². The third kappa shape index (κ3) is 4.40. The highest BCUT2D eigenvalue weighted by Crippen LogP contribution is 2.45. The molecule has 0 radical (unpaired) electrons. The Morgan fingerprint density at radius 3 is 2.83 bits per heavy atom. The molecule has 2 rings (SSSR count). The van der Waals surface area contributed by atoms with E-state index < -0.39 is 0 Å². The second-order valence-corrected chi connectivity index (χ2v) is 5.89. The fraction of sp³-hybridized carbons (Fsp3) is 0.875. The number of ether oxygens (including phenoxy) is 2. The van der Waals surface area contributed by atoms with Gasteiger partial charge in [-0.2, -0.15) is 0 Å². The van der Waals surface area contributed by atoms with Crippen LogP contribution in [0.4, 0.5) is 0 Å². The van der Waals surface area contributed by atoms with Crippen molar-refractivity contribution in [2.45, 2.75) is 83.5 Å². The summed E-state index contributed by atoms with van der Waals surface area (Å²) in [6.45, 7) is 5.34. The highest BCUT2D eigenvalue weighted by molar-refractivity contribution is 4.98. The van der Waals surface area contributed by atoms with Crippen molar-refractivity contribution in [1.29, 1.82) is 0 Å². The third-order valence-electron chi connectivity index (χ3n) is 4.21. The van der Waals surface area contributed by atoms with Crippen LogP contribution in [0.3, 0.4) is 0 Å². The molecule has 1 aliphatic heterocycles. The van der Waals surface area contributed by atoms with E-state index in [9.17, 15) is 0 Å². The Bertz CT molecular complexity index is 273. The Morgan fingerprint density at radius 1 is 1.39 bits per heavy atom. The minimum Gasteiger partial charge on any atom is -0.353 e. The molecule has 104 valence electrons. The SMILES string of the molecule is CCC(C)=CCCCCC1(OC2CCCO2)CC1. The van der Waals surface area contributed by atoms with Gasteiger partial charge in [-0.1, -0.05) is 25.0 Å². The quantitative estimate of drug-likeness (QED) is 0.464. The fourth-order valence-corrected chi connectivity index (χ4v) is 2.57. The minimum absolute atomic E-state index is 0.106. The van der Waals surface area contributed by atoms with Gasteiger partial charge in [-0.25, -0.2) is 0 Å². The molecule has 1 heterocycles. The topological polar surface area (TPSA) is 18.5 Å².